The molecule has 0 aliphatic heterocycles. The number of anilines is 1. The predicted molar refractivity (Wildman–Crippen MR) is 99.6 cm³/mol. The molecule has 3 N–H and O–H groups in total. The minimum absolute atomic E-state index is 0.0716. The van der Waals surface area contributed by atoms with Crippen LogP contribution in [0.15, 0.2) is 53.9 Å². The first-order valence-corrected chi connectivity index (χ1v) is 8.61. The number of nitrogens with two attached hydrogens (primary N) is 1. The number of nitrogens with zero attached hydrogens (tertiary/aromatic N) is 1. The highest BCUT2D eigenvalue weighted by atomic mass is 32.1. The van der Waals surface area contributed by atoms with E-state index in [1.807, 2.05) is 31.2 Å². The summed E-state index contributed by atoms with van der Waals surface area (Å²) in [4.78, 5) is 28.0. The van der Waals surface area contributed by atoms with Crippen molar-refractivity contribution in [2.45, 2.75) is 13.3 Å². The second-order valence-electron chi connectivity index (χ2n) is 5.66. The van der Waals surface area contributed by atoms with E-state index in [1.165, 1.54) is 16.9 Å². The molecule has 0 spiro atoms. The lowest BCUT2D eigenvalue weighted by atomic mass is 10.1. The molecule has 0 fully saturated rings. The summed E-state index contributed by atoms with van der Waals surface area (Å²) in [5.41, 5.74) is 8.98. The number of carbonyl (C=O) groups excluding carboxylic acids is 2. The average Bonchev–Trinajstić information content (AvgIpc) is 3.07. The lowest BCUT2D eigenvalue weighted by Gasteiger charge is -2.08. The standard InChI is InChI=1S/C19H17N3O2S/c1-12-6-8-13(9-7-12)19-22-16(11-25-19)18(24)21-15-5-3-2-4-14(15)10-17(20)23/h2-9,11H,10H2,1H3,(H2,20,23)(H,21,24). The minimum Gasteiger partial charge on any atom is -0.369 e. The van der Waals surface area contributed by atoms with Crippen LogP contribution < -0.4 is 11.1 Å². The number of thiazole rings is 1. The second kappa shape index (κ2) is 7.27. The summed E-state index contributed by atoms with van der Waals surface area (Å²) in [5, 5.41) is 5.31. The van der Waals surface area contributed by atoms with E-state index in [4.69, 9.17) is 5.73 Å². The van der Waals surface area contributed by atoms with E-state index in [2.05, 4.69) is 10.3 Å². The highest BCUT2D eigenvalue weighted by Gasteiger charge is 2.14. The van der Waals surface area contributed by atoms with Crippen molar-refractivity contribution < 1.29 is 9.59 Å². The number of primary amides is 1. The van der Waals surface area contributed by atoms with Gasteiger partial charge < -0.3 is 11.1 Å². The monoisotopic (exact) mass is 351 g/mol. The van der Waals surface area contributed by atoms with Gasteiger partial charge in [0.25, 0.3) is 5.91 Å². The number of hydrogen-bond acceptors (Lipinski definition) is 4. The zero-order valence-electron chi connectivity index (χ0n) is 13.7. The van der Waals surface area contributed by atoms with Crippen LogP contribution in [0.2, 0.25) is 0 Å². The third kappa shape index (κ3) is 4.10. The van der Waals surface area contributed by atoms with Crippen molar-refractivity contribution in [3.05, 3.63) is 70.7 Å². The SMILES string of the molecule is Cc1ccc(-c2nc(C(=O)Nc3ccccc3CC(N)=O)cs2)cc1. The summed E-state index contributed by atoms with van der Waals surface area (Å²) in [7, 11) is 0. The first-order chi connectivity index (χ1) is 12.0. The van der Waals surface area contributed by atoms with Gasteiger partial charge in [-0.25, -0.2) is 4.98 Å². The van der Waals surface area contributed by atoms with Crippen molar-refractivity contribution in [3.8, 4) is 10.6 Å². The number of para-hydroxylation sites is 1. The molecule has 6 heteroatoms. The Morgan fingerprint density at radius 1 is 1.12 bits per heavy atom. The number of aryl methyl sites for hydroxylation is 1. The Kier molecular flexibility index (Phi) is 4.90. The highest BCUT2D eigenvalue weighted by molar-refractivity contribution is 7.13. The first-order valence-electron chi connectivity index (χ1n) is 7.73. The maximum absolute atomic E-state index is 12.5. The molecular weight excluding hydrogens is 334 g/mol. The molecule has 0 bridgehead atoms. The molecule has 0 unspecified atom stereocenters. The zero-order chi connectivity index (χ0) is 17.8. The number of amides is 2. The summed E-state index contributed by atoms with van der Waals surface area (Å²) in [5.74, 6) is -0.761. The number of benzene rings is 2. The van der Waals surface area contributed by atoms with Crippen LogP contribution in [0.25, 0.3) is 10.6 Å². The molecule has 1 heterocycles. The molecule has 0 saturated heterocycles. The number of nitrogens with one attached hydrogen (secondary N) is 1. The van der Waals surface area contributed by atoms with Crippen LogP contribution in [-0.4, -0.2) is 16.8 Å². The Labute approximate surface area is 149 Å². The lowest BCUT2D eigenvalue weighted by Crippen LogP contribution is -2.17. The van der Waals surface area contributed by atoms with Crippen molar-refractivity contribution in [2.24, 2.45) is 5.73 Å². The van der Waals surface area contributed by atoms with Gasteiger partial charge in [-0.3, -0.25) is 9.59 Å². The van der Waals surface area contributed by atoms with E-state index in [9.17, 15) is 9.59 Å². The van der Waals surface area contributed by atoms with Gasteiger partial charge in [0.15, 0.2) is 0 Å². The molecule has 5 nitrogen and oxygen atoms in total. The topological polar surface area (TPSA) is 85.1 Å². The van der Waals surface area contributed by atoms with Crippen molar-refractivity contribution in [1.82, 2.24) is 4.98 Å². The van der Waals surface area contributed by atoms with Gasteiger partial charge in [0.05, 0.1) is 6.42 Å². The van der Waals surface area contributed by atoms with E-state index < -0.39 is 5.91 Å². The minimum atomic E-state index is -0.447. The van der Waals surface area contributed by atoms with Gasteiger partial charge in [0.1, 0.15) is 10.7 Å². The van der Waals surface area contributed by atoms with Gasteiger partial charge in [0.2, 0.25) is 5.91 Å². The quantitative estimate of drug-likeness (QED) is 0.739. The normalized spacial score (nSPS) is 10.4. The van der Waals surface area contributed by atoms with E-state index in [-0.39, 0.29) is 12.3 Å². The van der Waals surface area contributed by atoms with E-state index in [0.717, 1.165) is 10.6 Å². The van der Waals surface area contributed by atoms with E-state index in [1.54, 1.807) is 29.6 Å². The molecule has 126 valence electrons. The van der Waals surface area contributed by atoms with E-state index >= 15 is 0 Å². The van der Waals surface area contributed by atoms with Crippen molar-refractivity contribution >= 4 is 28.8 Å². The summed E-state index contributed by atoms with van der Waals surface area (Å²) in [6.45, 7) is 2.02. The third-order valence-electron chi connectivity index (χ3n) is 3.67. The van der Waals surface area contributed by atoms with Crippen LogP contribution in [-0.2, 0) is 11.2 Å². The van der Waals surface area contributed by atoms with E-state index in [0.29, 0.717) is 16.9 Å². The van der Waals surface area contributed by atoms with Crippen LogP contribution in [0.1, 0.15) is 21.6 Å². The van der Waals surface area contributed by atoms with Crippen molar-refractivity contribution in [1.29, 1.82) is 0 Å². The molecule has 1 aromatic heterocycles. The Balaban J connectivity index is 1.79. The maximum Gasteiger partial charge on any atom is 0.275 e. The Morgan fingerprint density at radius 3 is 2.56 bits per heavy atom. The van der Waals surface area contributed by atoms with Crippen molar-refractivity contribution in [2.75, 3.05) is 5.32 Å². The van der Waals surface area contributed by atoms with Gasteiger partial charge in [-0.15, -0.1) is 11.3 Å². The Bertz CT molecular complexity index is 916. The average molecular weight is 351 g/mol. The van der Waals surface area contributed by atoms with Gasteiger partial charge in [-0.05, 0) is 18.6 Å². The third-order valence-corrected chi connectivity index (χ3v) is 4.56. The summed E-state index contributed by atoms with van der Waals surface area (Å²) < 4.78 is 0. The predicted octanol–water partition coefficient (Wildman–Crippen LogP) is 3.40. The fourth-order valence-corrected chi connectivity index (χ4v) is 3.18. The second-order valence-corrected chi connectivity index (χ2v) is 6.52. The Morgan fingerprint density at radius 2 is 1.84 bits per heavy atom. The molecular formula is C19H17N3O2S. The molecule has 0 saturated carbocycles. The van der Waals surface area contributed by atoms with Gasteiger partial charge in [-0.1, -0.05) is 48.0 Å². The zero-order valence-corrected chi connectivity index (χ0v) is 14.5. The molecule has 0 radical (unpaired) electrons. The molecule has 0 atom stereocenters. The van der Waals surface area contributed by atoms with Crippen LogP contribution in [0.4, 0.5) is 5.69 Å². The van der Waals surface area contributed by atoms with Gasteiger partial charge >= 0.3 is 0 Å². The van der Waals surface area contributed by atoms with Crippen molar-refractivity contribution in [3.63, 3.8) is 0 Å². The molecule has 0 aliphatic carbocycles. The number of aromatic nitrogens is 1. The molecule has 0 aliphatic rings. The van der Waals surface area contributed by atoms with Gasteiger partial charge in [0, 0.05) is 16.6 Å². The maximum atomic E-state index is 12.5. The van der Waals surface area contributed by atoms with Gasteiger partial charge in [-0.2, -0.15) is 0 Å². The summed E-state index contributed by atoms with van der Waals surface area (Å²) in [6.07, 6.45) is 0.0716. The number of rotatable bonds is 5. The fraction of sp³-hybridized carbons (Fsp3) is 0.105. The van der Waals surface area contributed by atoms with Crippen LogP contribution >= 0.6 is 11.3 Å². The fourth-order valence-electron chi connectivity index (χ4n) is 2.38. The molecule has 3 rings (SSSR count). The highest BCUT2D eigenvalue weighted by Crippen LogP contribution is 2.25. The molecule has 25 heavy (non-hydrogen) atoms. The smallest absolute Gasteiger partial charge is 0.275 e. The number of carbonyl (C=O) groups is 2. The molecule has 3 aromatic rings. The Hall–Kier alpha value is -2.99. The molecule has 2 amide bonds. The molecule has 2 aromatic carbocycles. The largest absolute Gasteiger partial charge is 0.369 e. The summed E-state index contributed by atoms with van der Waals surface area (Å²) >= 11 is 1.42. The van der Waals surface area contributed by atoms with Crippen LogP contribution in [0.3, 0.4) is 0 Å². The summed E-state index contributed by atoms with van der Waals surface area (Å²) in [6, 6.07) is 15.1. The first kappa shape index (κ1) is 16.9. The number of hydrogen-bond donors (Lipinski definition) is 2. The van der Waals surface area contributed by atoms with Crippen LogP contribution in [0.5, 0.6) is 0 Å². The lowest BCUT2D eigenvalue weighted by molar-refractivity contribution is -0.117. The van der Waals surface area contributed by atoms with Crippen LogP contribution in [0, 0.1) is 6.92 Å².